The number of hydrogen-bond donors (Lipinski definition) is 0. The molecule has 39 heavy (non-hydrogen) atoms. The molecule has 0 N–H and O–H groups in total. The van der Waals surface area contributed by atoms with Crippen LogP contribution in [0, 0.1) is 0 Å². The summed E-state index contributed by atoms with van der Waals surface area (Å²) in [6.45, 7) is 14.4. The van der Waals surface area contributed by atoms with Crippen LogP contribution in [-0.4, -0.2) is 151 Å². The molecule has 0 aromatic heterocycles. The Bertz CT molecular complexity index is 389. The number of unbranched alkanes of at least 4 members (excludes halogenated alkanes) is 2. The maximum Gasteiger partial charge on any atom is 0.0701 e. The lowest BCUT2D eigenvalue weighted by atomic mass is 10.3. The number of halogens is 1. The second-order valence-corrected chi connectivity index (χ2v) is 8.51. The maximum absolute atomic E-state index is 5.50. The van der Waals surface area contributed by atoms with Gasteiger partial charge in [-0.3, -0.25) is 0 Å². The Morgan fingerprint density at radius 1 is 0.282 bits per heavy atom. The first-order chi connectivity index (χ1) is 19.4. The quantitative estimate of drug-likeness (QED) is 0.0795. The minimum absolute atomic E-state index is 0.501. The van der Waals surface area contributed by atoms with Crippen molar-refractivity contribution < 1.29 is 52.1 Å². The van der Waals surface area contributed by atoms with Crippen LogP contribution in [0.5, 0.6) is 0 Å². The number of hydrogen-bond acceptors (Lipinski definition) is 11. The highest BCUT2D eigenvalue weighted by Crippen LogP contribution is 1.94. The zero-order valence-electron chi connectivity index (χ0n) is 24.3. The van der Waals surface area contributed by atoms with Crippen molar-refractivity contribution in [3.05, 3.63) is 0 Å². The monoisotopic (exact) mass is 590 g/mol. The van der Waals surface area contributed by atoms with Crippen molar-refractivity contribution in [2.45, 2.75) is 26.2 Å². The lowest BCUT2D eigenvalue weighted by Gasteiger charge is -2.09. The summed E-state index contributed by atoms with van der Waals surface area (Å²) >= 11 is 5.50. The van der Waals surface area contributed by atoms with Gasteiger partial charge in [0.25, 0.3) is 0 Å². The van der Waals surface area contributed by atoms with Gasteiger partial charge in [0.05, 0.1) is 139 Å². The van der Waals surface area contributed by atoms with Gasteiger partial charge in [-0.25, -0.2) is 0 Å². The molecule has 0 unspecified atom stereocenters. The van der Waals surface area contributed by atoms with Crippen molar-refractivity contribution in [3.63, 3.8) is 0 Å². The van der Waals surface area contributed by atoms with E-state index in [4.69, 9.17) is 63.7 Å². The van der Waals surface area contributed by atoms with Gasteiger partial charge in [0.15, 0.2) is 0 Å². The zero-order valence-corrected chi connectivity index (χ0v) is 25.0. The average molecular weight is 591 g/mol. The average Bonchev–Trinajstić information content (AvgIpc) is 2.95. The van der Waals surface area contributed by atoms with E-state index in [1.165, 1.54) is 12.8 Å². The molecule has 0 aromatic carbocycles. The fourth-order valence-corrected chi connectivity index (χ4v) is 2.92. The molecule has 0 saturated carbocycles. The predicted octanol–water partition coefficient (Wildman–Crippen LogP) is 2.60. The highest BCUT2D eigenvalue weighted by Gasteiger charge is 1.96. The second kappa shape index (κ2) is 37.9. The van der Waals surface area contributed by atoms with Crippen LogP contribution in [0.15, 0.2) is 0 Å². The molecule has 11 nitrogen and oxygen atoms in total. The van der Waals surface area contributed by atoms with E-state index in [0.29, 0.717) is 145 Å². The van der Waals surface area contributed by atoms with Crippen molar-refractivity contribution >= 4 is 11.6 Å². The van der Waals surface area contributed by atoms with E-state index < -0.39 is 0 Å². The zero-order chi connectivity index (χ0) is 28.2. The fraction of sp³-hybridized carbons (Fsp3) is 1.00. The Kier molecular flexibility index (Phi) is 37.7. The van der Waals surface area contributed by atoms with Gasteiger partial charge in [-0.2, -0.15) is 0 Å². The minimum Gasteiger partial charge on any atom is -0.379 e. The Morgan fingerprint density at radius 2 is 0.487 bits per heavy atom. The van der Waals surface area contributed by atoms with Crippen LogP contribution in [0.2, 0.25) is 0 Å². The Balaban J connectivity index is 3.01. The van der Waals surface area contributed by atoms with E-state index >= 15 is 0 Å². The van der Waals surface area contributed by atoms with Crippen molar-refractivity contribution in [1.82, 2.24) is 0 Å². The normalized spacial score (nSPS) is 11.5. The summed E-state index contributed by atoms with van der Waals surface area (Å²) in [7, 11) is 0. The lowest BCUT2D eigenvalue weighted by Crippen LogP contribution is -2.15. The highest BCUT2D eigenvalue weighted by molar-refractivity contribution is 6.17. The smallest absolute Gasteiger partial charge is 0.0701 e. The molecule has 0 amide bonds. The largest absolute Gasteiger partial charge is 0.379 e. The van der Waals surface area contributed by atoms with E-state index in [1.807, 2.05) is 0 Å². The third-order valence-electron chi connectivity index (χ3n) is 4.83. The summed E-state index contributed by atoms with van der Waals surface area (Å²) in [4.78, 5) is 0. The van der Waals surface area contributed by atoms with Crippen LogP contribution in [-0.2, 0) is 52.1 Å². The highest BCUT2D eigenvalue weighted by atomic mass is 35.5. The van der Waals surface area contributed by atoms with Crippen LogP contribution in [0.3, 0.4) is 0 Å². The summed E-state index contributed by atoms with van der Waals surface area (Å²) < 4.78 is 59.6. The molecule has 236 valence electrons. The Morgan fingerprint density at radius 3 is 0.692 bits per heavy atom. The molecular formula is C27H55ClO11. The summed E-state index contributed by atoms with van der Waals surface area (Å²) in [6, 6.07) is 0. The first-order valence-electron chi connectivity index (χ1n) is 14.3. The molecule has 0 spiro atoms. The Hall–Kier alpha value is -0.150. The van der Waals surface area contributed by atoms with Crippen LogP contribution in [0.1, 0.15) is 26.2 Å². The molecule has 0 fully saturated rings. The molecule has 0 radical (unpaired) electrons. The van der Waals surface area contributed by atoms with Crippen molar-refractivity contribution in [2.24, 2.45) is 0 Å². The van der Waals surface area contributed by atoms with Gasteiger partial charge in [0.2, 0.25) is 0 Å². The molecule has 0 bridgehead atoms. The van der Waals surface area contributed by atoms with Crippen molar-refractivity contribution in [2.75, 3.05) is 151 Å². The van der Waals surface area contributed by atoms with E-state index in [9.17, 15) is 0 Å². The van der Waals surface area contributed by atoms with Crippen molar-refractivity contribution in [3.8, 4) is 0 Å². The number of alkyl halides is 1. The van der Waals surface area contributed by atoms with Crippen LogP contribution in [0.4, 0.5) is 0 Å². The molecule has 0 saturated heterocycles. The first kappa shape index (κ1) is 38.9. The molecule has 0 aliphatic heterocycles. The van der Waals surface area contributed by atoms with E-state index in [0.717, 1.165) is 13.0 Å². The van der Waals surface area contributed by atoms with Gasteiger partial charge in [-0.15, -0.1) is 11.6 Å². The molecule has 12 heteroatoms. The summed E-state index contributed by atoms with van der Waals surface area (Å²) in [6.07, 6.45) is 3.55. The minimum atomic E-state index is 0.501. The maximum atomic E-state index is 5.50. The summed E-state index contributed by atoms with van der Waals surface area (Å²) in [5.41, 5.74) is 0. The van der Waals surface area contributed by atoms with E-state index in [2.05, 4.69) is 6.92 Å². The van der Waals surface area contributed by atoms with Gasteiger partial charge >= 0.3 is 0 Å². The molecule has 0 rings (SSSR count). The standard InChI is InChI=1S/C27H55ClO11/c1-2-3-4-6-29-8-10-31-12-14-33-16-18-35-20-22-37-24-26-39-27-25-38-23-21-36-19-17-34-15-13-32-11-9-30-7-5-28/h2-27H2,1H3. The van der Waals surface area contributed by atoms with Gasteiger partial charge in [0.1, 0.15) is 0 Å². The van der Waals surface area contributed by atoms with Crippen molar-refractivity contribution in [1.29, 1.82) is 0 Å². The SMILES string of the molecule is CCCCCOCCOCCOCCOCCOCCOCCOCCOCCOCCOCCOCCCl. The molecule has 0 aliphatic rings. The summed E-state index contributed by atoms with van der Waals surface area (Å²) in [5.74, 6) is 0.501. The van der Waals surface area contributed by atoms with E-state index in [1.54, 1.807) is 0 Å². The molecular weight excluding hydrogens is 536 g/mol. The topological polar surface area (TPSA) is 102 Å². The molecule has 0 aromatic rings. The molecule has 0 heterocycles. The lowest BCUT2D eigenvalue weighted by molar-refractivity contribution is -0.0274. The Labute approximate surface area is 241 Å². The summed E-state index contributed by atoms with van der Waals surface area (Å²) in [5, 5.41) is 0. The van der Waals surface area contributed by atoms with Crippen LogP contribution >= 0.6 is 11.6 Å². The van der Waals surface area contributed by atoms with E-state index in [-0.39, 0.29) is 0 Å². The first-order valence-corrected chi connectivity index (χ1v) is 14.9. The second-order valence-electron chi connectivity index (χ2n) is 8.13. The fourth-order valence-electron chi connectivity index (χ4n) is 2.81. The van der Waals surface area contributed by atoms with Gasteiger partial charge in [-0.05, 0) is 6.42 Å². The van der Waals surface area contributed by atoms with Crippen LogP contribution < -0.4 is 0 Å². The van der Waals surface area contributed by atoms with Crippen LogP contribution in [0.25, 0.3) is 0 Å². The predicted molar refractivity (Wildman–Crippen MR) is 149 cm³/mol. The third kappa shape index (κ3) is 37.9. The molecule has 0 atom stereocenters. The third-order valence-corrected chi connectivity index (χ3v) is 4.99. The van der Waals surface area contributed by atoms with Gasteiger partial charge in [0, 0.05) is 12.5 Å². The van der Waals surface area contributed by atoms with Gasteiger partial charge < -0.3 is 52.1 Å². The number of ether oxygens (including phenoxy) is 11. The molecule has 0 aliphatic carbocycles. The van der Waals surface area contributed by atoms with Gasteiger partial charge in [-0.1, -0.05) is 19.8 Å². The number of rotatable bonds is 36.